The minimum absolute atomic E-state index is 0.0115. The number of hydrogen-bond acceptors (Lipinski definition) is 6. The van der Waals surface area contributed by atoms with Crippen molar-refractivity contribution in [2.45, 2.75) is 6.42 Å². The molecule has 0 bridgehead atoms. The molecule has 8 nitrogen and oxygen atoms in total. The molecule has 6 N–H and O–H groups in total. The van der Waals surface area contributed by atoms with Crippen LogP contribution in [0.4, 0.5) is 11.5 Å². The number of nitrogens with one attached hydrogen (secondary N) is 1. The van der Waals surface area contributed by atoms with Crippen LogP contribution < -0.4 is 16.2 Å². The van der Waals surface area contributed by atoms with Crippen LogP contribution in [0.1, 0.15) is 16.8 Å². The van der Waals surface area contributed by atoms with Crippen molar-refractivity contribution in [3.05, 3.63) is 17.8 Å². The molecule has 9 heteroatoms. The molecule has 0 saturated carbocycles. The fraction of sp³-hybridized carbons (Fsp3) is 0.333. The Morgan fingerprint density at radius 3 is 2.67 bits per heavy atom. The van der Waals surface area contributed by atoms with Crippen LogP contribution in [0.15, 0.2) is 12.3 Å². The normalized spacial score (nSPS) is 11.2. The van der Waals surface area contributed by atoms with E-state index in [0.717, 1.165) is 0 Å². The van der Waals surface area contributed by atoms with E-state index in [2.05, 4.69) is 10.3 Å². The van der Waals surface area contributed by atoms with E-state index in [1.165, 1.54) is 12.3 Å². The summed E-state index contributed by atoms with van der Waals surface area (Å²) in [6.45, 7) is 0.319. The third kappa shape index (κ3) is 4.55. The van der Waals surface area contributed by atoms with Crippen LogP contribution in [0.5, 0.6) is 0 Å². The van der Waals surface area contributed by atoms with Gasteiger partial charge < -0.3 is 16.2 Å². The molecule has 0 unspecified atom stereocenters. The second-order valence-electron chi connectivity index (χ2n) is 3.61. The summed E-state index contributed by atoms with van der Waals surface area (Å²) in [6, 6.07) is 1.28. The summed E-state index contributed by atoms with van der Waals surface area (Å²) in [5, 5.41) is 16.3. The average Bonchev–Trinajstić information content (AvgIpc) is 2.24. The summed E-state index contributed by atoms with van der Waals surface area (Å²) in [6.07, 6.45) is 1.47. The first-order valence-corrected chi connectivity index (χ1v) is 6.74. The number of nitrogens with zero attached hydrogens (tertiary/aromatic N) is 1. The summed E-state index contributed by atoms with van der Waals surface area (Å²) in [5.41, 5.74) is 5.77. The van der Waals surface area contributed by atoms with Crippen LogP contribution in [-0.2, 0) is 10.0 Å². The van der Waals surface area contributed by atoms with E-state index in [1.807, 2.05) is 0 Å². The van der Waals surface area contributed by atoms with Gasteiger partial charge in [0.25, 0.3) is 0 Å². The van der Waals surface area contributed by atoms with Crippen LogP contribution in [0.25, 0.3) is 0 Å². The highest BCUT2D eigenvalue weighted by molar-refractivity contribution is 7.89. The van der Waals surface area contributed by atoms with Crippen molar-refractivity contribution in [3.63, 3.8) is 0 Å². The lowest BCUT2D eigenvalue weighted by molar-refractivity contribution is 0.0696. The highest BCUT2D eigenvalue weighted by Gasteiger charge is 2.08. The number of carbonyl (C=O) groups is 1. The molecule has 100 valence electrons. The number of carboxylic acids is 1. The van der Waals surface area contributed by atoms with Gasteiger partial charge in [0, 0.05) is 12.7 Å². The molecule has 0 radical (unpaired) electrons. The van der Waals surface area contributed by atoms with Gasteiger partial charge in [-0.1, -0.05) is 0 Å². The largest absolute Gasteiger partial charge is 0.478 e. The zero-order valence-electron chi connectivity index (χ0n) is 9.46. The minimum Gasteiger partial charge on any atom is -0.478 e. The highest BCUT2D eigenvalue weighted by Crippen LogP contribution is 2.16. The molecule has 1 rings (SSSR count). The van der Waals surface area contributed by atoms with Gasteiger partial charge in [0.1, 0.15) is 5.82 Å². The third-order valence-electron chi connectivity index (χ3n) is 2.06. The van der Waals surface area contributed by atoms with Gasteiger partial charge in [0.2, 0.25) is 10.0 Å². The van der Waals surface area contributed by atoms with Crippen LogP contribution >= 0.6 is 0 Å². The van der Waals surface area contributed by atoms with Gasteiger partial charge in [0.15, 0.2) is 0 Å². The van der Waals surface area contributed by atoms with Gasteiger partial charge in [0.05, 0.1) is 17.0 Å². The molecule has 1 heterocycles. The maximum Gasteiger partial charge on any atom is 0.337 e. The number of nitrogen functional groups attached to an aromatic ring is 1. The molecule has 0 aliphatic carbocycles. The highest BCUT2D eigenvalue weighted by atomic mass is 32.2. The van der Waals surface area contributed by atoms with Gasteiger partial charge in [-0.15, -0.1) is 0 Å². The van der Waals surface area contributed by atoms with Crippen molar-refractivity contribution in [1.29, 1.82) is 0 Å². The molecule has 0 atom stereocenters. The Morgan fingerprint density at radius 1 is 1.50 bits per heavy atom. The summed E-state index contributed by atoms with van der Waals surface area (Å²) >= 11 is 0. The van der Waals surface area contributed by atoms with E-state index in [4.69, 9.17) is 16.0 Å². The Hall–Kier alpha value is -1.87. The van der Waals surface area contributed by atoms with Crippen LogP contribution in [-0.4, -0.2) is 36.8 Å². The second kappa shape index (κ2) is 5.65. The topological polar surface area (TPSA) is 148 Å². The summed E-state index contributed by atoms with van der Waals surface area (Å²) in [4.78, 5) is 14.5. The lowest BCUT2D eigenvalue weighted by Gasteiger charge is -2.08. The first-order chi connectivity index (χ1) is 8.29. The van der Waals surface area contributed by atoms with Crippen LogP contribution in [0.2, 0.25) is 0 Å². The SMILES string of the molecule is Nc1cc(C(=O)O)cnc1NCCCS(N)(=O)=O. The zero-order chi connectivity index (χ0) is 13.8. The predicted molar refractivity (Wildman–Crippen MR) is 66.7 cm³/mol. The molecule has 0 aromatic carbocycles. The van der Waals surface area contributed by atoms with Gasteiger partial charge in [-0.3, -0.25) is 0 Å². The van der Waals surface area contributed by atoms with Gasteiger partial charge >= 0.3 is 5.97 Å². The third-order valence-corrected chi connectivity index (χ3v) is 2.92. The Labute approximate surface area is 104 Å². The molecule has 0 aliphatic heterocycles. The molecule has 0 amide bonds. The van der Waals surface area contributed by atoms with Crippen molar-refractivity contribution in [2.24, 2.45) is 5.14 Å². The van der Waals surface area contributed by atoms with E-state index in [1.54, 1.807) is 0 Å². The van der Waals surface area contributed by atoms with E-state index >= 15 is 0 Å². The molecule has 0 saturated heterocycles. The maximum atomic E-state index is 10.7. The fourth-order valence-electron chi connectivity index (χ4n) is 1.23. The number of aromatic carboxylic acids is 1. The number of sulfonamides is 1. The molecule has 0 aliphatic rings. The minimum atomic E-state index is -3.48. The summed E-state index contributed by atoms with van der Waals surface area (Å²) in [7, 11) is -3.48. The van der Waals surface area contributed by atoms with E-state index in [-0.39, 0.29) is 17.0 Å². The number of hydrogen-bond donors (Lipinski definition) is 4. The van der Waals surface area contributed by atoms with Gasteiger partial charge in [-0.25, -0.2) is 23.3 Å². The lowest BCUT2D eigenvalue weighted by atomic mass is 10.2. The van der Waals surface area contributed by atoms with Crippen molar-refractivity contribution in [2.75, 3.05) is 23.3 Å². The van der Waals surface area contributed by atoms with Crippen molar-refractivity contribution >= 4 is 27.5 Å². The Balaban J connectivity index is 2.56. The number of anilines is 2. The van der Waals surface area contributed by atoms with Gasteiger partial charge in [-0.05, 0) is 12.5 Å². The molecule has 0 spiro atoms. The maximum absolute atomic E-state index is 10.7. The number of primary sulfonamides is 1. The van der Waals surface area contributed by atoms with Crippen molar-refractivity contribution in [1.82, 2.24) is 4.98 Å². The molecule has 1 aromatic rings. The molecule has 18 heavy (non-hydrogen) atoms. The monoisotopic (exact) mass is 274 g/mol. The molecule has 1 aromatic heterocycles. The summed E-state index contributed by atoms with van der Waals surface area (Å²) in [5.74, 6) is -0.947. The van der Waals surface area contributed by atoms with E-state index < -0.39 is 16.0 Å². The smallest absolute Gasteiger partial charge is 0.337 e. The summed E-state index contributed by atoms with van der Waals surface area (Å²) < 4.78 is 21.3. The van der Waals surface area contributed by atoms with Crippen LogP contribution in [0.3, 0.4) is 0 Å². The van der Waals surface area contributed by atoms with Crippen molar-refractivity contribution in [3.8, 4) is 0 Å². The first-order valence-electron chi connectivity index (χ1n) is 5.03. The molecule has 0 fully saturated rings. The number of rotatable bonds is 6. The van der Waals surface area contributed by atoms with E-state index in [9.17, 15) is 13.2 Å². The Morgan fingerprint density at radius 2 is 2.17 bits per heavy atom. The quantitative estimate of drug-likeness (QED) is 0.508. The van der Waals surface area contributed by atoms with Crippen LogP contribution in [0, 0.1) is 0 Å². The van der Waals surface area contributed by atoms with Gasteiger partial charge in [-0.2, -0.15) is 0 Å². The lowest BCUT2D eigenvalue weighted by Crippen LogP contribution is -2.19. The molecular weight excluding hydrogens is 260 g/mol. The number of aromatic nitrogens is 1. The zero-order valence-corrected chi connectivity index (χ0v) is 10.3. The second-order valence-corrected chi connectivity index (χ2v) is 5.35. The average molecular weight is 274 g/mol. The first kappa shape index (κ1) is 14.2. The Kier molecular flexibility index (Phi) is 4.45. The fourth-order valence-corrected chi connectivity index (χ4v) is 1.77. The number of nitrogens with two attached hydrogens (primary N) is 2. The van der Waals surface area contributed by atoms with Crippen molar-refractivity contribution < 1.29 is 18.3 Å². The number of pyridine rings is 1. The number of carboxylic acid groups (broad SMARTS) is 1. The molecular formula is C9H14N4O4S. The Bertz CT molecular complexity index is 543. The standard InChI is InChI=1S/C9H14N4O4S/c10-7-4-6(9(14)15)5-13-8(7)12-2-1-3-18(11,16)17/h4-5H,1-3,10H2,(H,12,13)(H,14,15)(H2,11,16,17). The van der Waals surface area contributed by atoms with E-state index in [0.29, 0.717) is 18.8 Å². The predicted octanol–water partition coefficient (Wildman–Crippen LogP) is -0.548.